The molecule has 2 aromatic carbocycles. The number of carbonyl (C=O) groups is 1. The van der Waals surface area contributed by atoms with Crippen molar-refractivity contribution in [2.24, 2.45) is 0 Å². The van der Waals surface area contributed by atoms with Crippen LogP contribution < -0.4 is 14.8 Å². The monoisotopic (exact) mass is 455 g/mol. The van der Waals surface area contributed by atoms with Crippen LogP contribution in [0.1, 0.15) is 0 Å². The quantitative estimate of drug-likeness (QED) is 0.329. The van der Waals surface area contributed by atoms with Gasteiger partial charge in [-0.05, 0) is 30.3 Å². The molecular weight excluding hydrogens is 438 g/mol. The van der Waals surface area contributed by atoms with Gasteiger partial charge in [0, 0.05) is 11.1 Å². The lowest BCUT2D eigenvalue weighted by molar-refractivity contribution is -0.113. The predicted molar refractivity (Wildman–Crippen MR) is 121 cm³/mol. The van der Waals surface area contributed by atoms with Crippen LogP contribution >= 0.6 is 23.4 Å². The van der Waals surface area contributed by atoms with Crippen LogP contribution in [0.15, 0.2) is 60.0 Å². The summed E-state index contributed by atoms with van der Waals surface area (Å²) in [5.41, 5.74) is 1.99. The van der Waals surface area contributed by atoms with Gasteiger partial charge < -0.3 is 14.8 Å². The van der Waals surface area contributed by atoms with Crippen molar-refractivity contribution >= 4 is 46.0 Å². The Kier molecular flexibility index (Phi) is 6.24. The zero-order valence-corrected chi connectivity index (χ0v) is 18.3. The number of thioether (sulfide) groups is 1. The summed E-state index contributed by atoms with van der Waals surface area (Å²) >= 11 is 7.40. The second-order valence-electron chi connectivity index (χ2n) is 6.36. The molecule has 8 nitrogen and oxygen atoms in total. The van der Waals surface area contributed by atoms with Crippen molar-refractivity contribution < 1.29 is 14.3 Å². The molecule has 0 unspecified atom stereocenters. The molecule has 0 saturated heterocycles. The second kappa shape index (κ2) is 9.23. The molecule has 2 aromatic heterocycles. The van der Waals surface area contributed by atoms with Crippen LogP contribution in [0.3, 0.4) is 0 Å². The van der Waals surface area contributed by atoms with Gasteiger partial charge in [-0.25, -0.2) is 14.6 Å². The molecule has 1 N–H and O–H groups in total. The van der Waals surface area contributed by atoms with E-state index >= 15 is 0 Å². The van der Waals surface area contributed by atoms with Gasteiger partial charge in [-0.15, -0.1) is 0 Å². The van der Waals surface area contributed by atoms with Gasteiger partial charge in [0.25, 0.3) is 0 Å². The van der Waals surface area contributed by atoms with E-state index in [-0.39, 0.29) is 11.7 Å². The highest BCUT2D eigenvalue weighted by Crippen LogP contribution is 2.30. The first-order chi connectivity index (χ1) is 15.1. The first kappa shape index (κ1) is 21.0. The number of rotatable bonds is 7. The molecule has 10 heteroatoms. The number of anilines is 1. The SMILES string of the molecule is COc1ccc(NC(=O)CSc2ncnc3c2cnn3-c2cccc(Cl)c2)c(OC)c1. The van der Waals surface area contributed by atoms with E-state index < -0.39 is 0 Å². The van der Waals surface area contributed by atoms with Crippen molar-refractivity contribution in [3.63, 3.8) is 0 Å². The van der Waals surface area contributed by atoms with E-state index in [0.29, 0.717) is 32.9 Å². The molecule has 0 bridgehead atoms. The summed E-state index contributed by atoms with van der Waals surface area (Å²) in [5, 5.41) is 9.28. The van der Waals surface area contributed by atoms with Gasteiger partial charge in [-0.3, -0.25) is 4.79 Å². The first-order valence-corrected chi connectivity index (χ1v) is 10.5. The van der Waals surface area contributed by atoms with E-state index in [1.807, 2.05) is 12.1 Å². The van der Waals surface area contributed by atoms with Gasteiger partial charge in [-0.2, -0.15) is 5.10 Å². The average Bonchev–Trinajstić information content (AvgIpc) is 3.23. The Morgan fingerprint density at radius 3 is 2.81 bits per heavy atom. The average molecular weight is 456 g/mol. The van der Waals surface area contributed by atoms with Crippen molar-refractivity contribution in [2.45, 2.75) is 5.03 Å². The van der Waals surface area contributed by atoms with Crippen molar-refractivity contribution in [3.05, 3.63) is 60.0 Å². The normalized spacial score (nSPS) is 10.8. The van der Waals surface area contributed by atoms with Gasteiger partial charge in [0.2, 0.25) is 5.91 Å². The lowest BCUT2D eigenvalue weighted by atomic mass is 10.2. The van der Waals surface area contributed by atoms with E-state index in [1.54, 1.807) is 48.3 Å². The molecule has 0 atom stereocenters. The zero-order valence-electron chi connectivity index (χ0n) is 16.7. The Morgan fingerprint density at radius 1 is 1.16 bits per heavy atom. The van der Waals surface area contributed by atoms with E-state index in [4.69, 9.17) is 21.1 Å². The van der Waals surface area contributed by atoms with Crippen molar-refractivity contribution in [1.82, 2.24) is 19.7 Å². The number of halogens is 1. The summed E-state index contributed by atoms with van der Waals surface area (Å²) in [5.74, 6) is 1.13. The number of carbonyl (C=O) groups excluding carboxylic acids is 1. The second-order valence-corrected chi connectivity index (χ2v) is 7.76. The minimum Gasteiger partial charge on any atom is -0.497 e. The molecule has 0 aliphatic carbocycles. The fourth-order valence-corrected chi connectivity index (χ4v) is 3.90. The Morgan fingerprint density at radius 2 is 2.03 bits per heavy atom. The topological polar surface area (TPSA) is 91.2 Å². The molecule has 0 saturated carbocycles. The highest BCUT2D eigenvalue weighted by molar-refractivity contribution is 8.00. The van der Waals surface area contributed by atoms with E-state index in [1.165, 1.54) is 25.2 Å². The molecule has 1 amide bonds. The lowest BCUT2D eigenvalue weighted by Crippen LogP contribution is -2.14. The third kappa shape index (κ3) is 4.57. The summed E-state index contributed by atoms with van der Waals surface area (Å²) in [6, 6.07) is 12.5. The summed E-state index contributed by atoms with van der Waals surface area (Å²) in [6.45, 7) is 0. The summed E-state index contributed by atoms with van der Waals surface area (Å²) in [6.07, 6.45) is 3.14. The Labute approximate surface area is 187 Å². The number of nitrogens with one attached hydrogen (secondary N) is 1. The fraction of sp³-hybridized carbons (Fsp3) is 0.143. The maximum atomic E-state index is 12.5. The van der Waals surface area contributed by atoms with Crippen LogP contribution in [0, 0.1) is 0 Å². The number of fused-ring (bicyclic) bond motifs is 1. The molecule has 0 spiro atoms. The van der Waals surface area contributed by atoms with Crippen molar-refractivity contribution in [1.29, 1.82) is 0 Å². The first-order valence-electron chi connectivity index (χ1n) is 9.18. The zero-order chi connectivity index (χ0) is 21.8. The molecule has 2 heterocycles. The van der Waals surface area contributed by atoms with E-state index in [0.717, 1.165) is 11.1 Å². The molecular formula is C21H18ClN5O3S. The lowest BCUT2D eigenvalue weighted by Gasteiger charge is -2.11. The van der Waals surface area contributed by atoms with E-state index in [2.05, 4.69) is 20.4 Å². The number of methoxy groups -OCH3 is 2. The minimum absolute atomic E-state index is 0.156. The molecule has 4 rings (SSSR count). The number of aromatic nitrogens is 4. The standard InChI is InChI=1S/C21H18ClN5O3S/c1-29-15-6-7-17(18(9-15)30-2)26-19(28)11-31-21-16-10-25-27(20(16)23-12-24-21)14-5-3-4-13(22)8-14/h3-10,12H,11H2,1-2H3,(H,26,28). The molecule has 0 aliphatic heterocycles. The molecule has 0 aliphatic rings. The van der Waals surface area contributed by atoms with Crippen LogP contribution in [0.4, 0.5) is 5.69 Å². The number of nitrogens with zero attached hydrogens (tertiary/aromatic N) is 4. The van der Waals surface area contributed by atoms with Crippen LogP contribution in [0.5, 0.6) is 11.5 Å². The van der Waals surface area contributed by atoms with Crippen LogP contribution in [-0.4, -0.2) is 45.6 Å². The molecule has 0 fully saturated rings. The Balaban J connectivity index is 1.50. The highest BCUT2D eigenvalue weighted by atomic mass is 35.5. The highest BCUT2D eigenvalue weighted by Gasteiger charge is 2.14. The van der Waals surface area contributed by atoms with Gasteiger partial charge in [0.1, 0.15) is 22.9 Å². The number of benzene rings is 2. The molecule has 4 aromatic rings. The smallest absolute Gasteiger partial charge is 0.234 e. The molecule has 158 valence electrons. The summed E-state index contributed by atoms with van der Waals surface area (Å²) in [7, 11) is 3.11. The number of hydrogen-bond acceptors (Lipinski definition) is 7. The Hall–Kier alpha value is -3.30. The van der Waals surface area contributed by atoms with Crippen molar-refractivity contribution in [3.8, 4) is 17.2 Å². The largest absolute Gasteiger partial charge is 0.497 e. The predicted octanol–water partition coefficient (Wildman–Crippen LogP) is 4.22. The van der Waals surface area contributed by atoms with Crippen molar-refractivity contribution in [2.75, 3.05) is 25.3 Å². The van der Waals surface area contributed by atoms with Crippen LogP contribution in [-0.2, 0) is 4.79 Å². The van der Waals surface area contributed by atoms with Crippen LogP contribution in [0.2, 0.25) is 5.02 Å². The molecule has 0 radical (unpaired) electrons. The third-order valence-corrected chi connectivity index (χ3v) is 5.65. The minimum atomic E-state index is -0.192. The van der Waals surface area contributed by atoms with Gasteiger partial charge >= 0.3 is 0 Å². The van der Waals surface area contributed by atoms with Gasteiger partial charge in [0.15, 0.2) is 5.65 Å². The third-order valence-electron chi connectivity index (χ3n) is 4.40. The summed E-state index contributed by atoms with van der Waals surface area (Å²) < 4.78 is 12.2. The van der Waals surface area contributed by atoms with Gasteiger partial charge in [-0.1, -0.05) is 29.4 Å². The Bertz CT molecular complexity index is 1250. The van der Waals surface area contributed by atoms with Gasteiger partial charge in [0.05, 0.1) is 42.9 Å². The number of ether oxygens (including phenoxy) is 2. The number of amides is 1. The maximum absolute atomic E-state index is 12.5. The fourth-order valence-electron chi connectivity index (χ4n) is 2.96. The molecule has 31 heavy (non-hydrogen) atoms. The summed E-state index contributed by atoms with van der Waals surface area (Å²) in [4.78, 5) is 21.2. The van der Waals surface area contributed by atoms with E-state index in [9.17, 15) is 4.79 Å². The number of hydrogen-bond donors (Lipinski definition) is 1. The van der Waals surface area contributed by atoms with Crippen LogP contribution in [0.25, 0.3) is 16.7 Å². The maximum Gasteiger partial charge on any atom is 0.234 e.